The number of hydrogen-bond acceptors (Lipinski definition) is 3. The van der Waals surface area contributed by atoms with Crippen LogP contribution in [0.3, 0.4) is 0 Å². The average Bonchev–Trinajstić information content (AvgIpc) is 2.17. The lowest BCUT2D eigenvalue weighted by atomic mass is 10.1. The Labute approximate surface area is 73.8 Å². The van der Waals surface area contributed by atoms with Gasteiger partial charge in [0.05, 0.1) is 17.3 Å². The number of aromatic nitrogens is 2. The van der Waals surface area contributed by atoms with Crippen molar-refractivity contribution >= 4 is 16.9 Å². The minimum Gasteiger partial charge on any atom is -0.478 e. The lowest BCUT2D eigenvalue weighted by Crippen LogP contribution is -1.96. The Kier molecular flexibility index (Phi) is 1.66. The van der Waals surface area contributed by atoms with Crippen LogP contribution in [0.25, 0.3) is 10.9 Å². The Bertz CT molecular complexity index is 468. The molecule has 1 heterocycles. The van der Waals surface area contributed by atoms with E-state index >= 15 is 0 Å². The molecule has 2 rings (SSSR count). The van der Waals surface area contributed by atoms with Gasteiger partial charge in [0, 0.05) is 5.39 Å². The average molecular weight is 174 g/mol. The van der Waals surface area contributed by atoms with E-state index < -0.39 is 5.97 Å². The number of carbonyl (C=O) groups is 1. The summed E-state index contributed by atoms with van der Waals surface area (Å²) in [4.78, 5) is 10.6. The van der Waals surface area contributed by atoms with E-state index in [9.17, 15) is 4.79 Å². The van der Waals surface area contributed by atoms with Crippen molar-refractivity contribution in [2.45, 2.75) is 0 Å². The van der Waals surface area contributed by atoms with Gasteiger partial charge in [-0.3, -0.25) is 0 Å². The zero-order valence-electron chi connectivity index (χ0n) is 6.64. The van der Waals surface area contributed by atoms with E-state index in [1.807, 2.05) is 0 Å². The summed E-state index contributed by atoms with van der Waals surface area (Å²) in [6.07, 6.45) is 1.57. The van der Waals surface area contributed by atoms with Gasteiger partial charge in [0.15, 0.2) is 0 Å². The van der Waals surface area contributed by atoms with Gasteiger partial charge in [0.2, 0.25) is 0 Å². The fourth-order valence-corrected chi connectivity index (χ4v) is 1.11. The van der Waals surface area contributed by atoms with Crippen molar-refractivity contribution in [1.29, 1.82) is 0 Å². The predicted octanol–water partition coefficient (Wildman–Crippen LogP) is 1.33. The quantitative estimate of drug-likeness (QED) is 0.708. The highest BCUT2D eigenvalue weighted by molar-refractivity contribution is 5.92. The molecule has 1 aromatic carbocycles. The van der Waals surface area contributed by atoms with Crippen molar-refractivity contribution in [2.24, 2.45) is 0 Å². The SMILES string of the molecule is O=C(O)c1ccc2ccnnc2c1. The molecule has 0 aliphatic rings. The highest BCUT2D eigenvalue weighted by atomic mass is 16.4. The fraction of sp³-hybridized carbons (Fsp3) is 0. The normalized spacial score (nSPS) is 10.2. The molecule has 13 heavy (non-hydrogen) atoms. The summed E-state index contributed by atoms with van der Waals surface area (Å²) in [5, 5.41) is 17.1. The number of fused-ring (bicyclic) bond motifs is 1. The Morgan fingerprint density at radius 3 is 2.92 bits per heavy atom. The van der Waals surface area contributed by atoms with Gasteiger partial charge in [-0.1, -0.05) is 6.07 Å². The van der Waals surface area contributed by atoms with Crippen molar-refractivity contribution in [3.63, 3.8) is 0 Å². The summed E-state index contributed by atoms with van der Waals surface area (Å²) in [7, 11) is 0. The van der Waals surface area contributed by atoms with Crippen molar-refractivity contribution in [1.82, 2.24) is 10.2 Å². The lowest BCUT2D eigenvalue weighted by molar-refractivity contribution is 0.0697. The highest BCUT2D eigenvalue weighted by Crippen LogP contribution is 2.11. The highest BCUT2D eigenvalue weighted by Gasteiger charge is 2.03. The van der Waals surface area contributed by atoms with Crippen LogP contribution in [0, 0.1) is 0 Å². The maximum Gasteiger partial charge on any atom is 0.335 e. The maximum absolute atomic E-state index is 10.6. The smallest absolute Gasteiger partial charge is 0.335 e. The van der Waals surface area contributed by atoms with Gasteiger partial charge in [-0.25, -0.2) is 4.79 Å². The first-order valence-electron chi connectivity index (χ1n) is 3.72. The number of benzene rings is 1. The summed E-state index contributed by atoms with van der Waals surface area (Å²) in [6, 6.07) is 6.55. The molecule has 4 heteroatoms. The minimum atomic E-state index is -0.951. The fourth-order valence-electron chi connectivity index (χ4n) is 1.11. The molecule has 0 saturated heterocycles. The Hall–Kier alpha value is -1.97. The van der Waals surface area contributed by atoms with Gasteiger partial charge in [-0.05, 0) is 18.2 Å². The summed E-state index contributed by atoms with van der Waals surface area (Å²) < 4.78 is 0. The molecule has 0 radical (unpaired) electrons. The van der Waals surface area contributed by atoms with Crippen LogP contribution in [0.15, 0.2) is 30.5 Å². The molecule has 0 fully saturated rings. The zero-order chi connectivity index (χ0) is 9.26. The summed E-state index contributed by atoms with van der Waals surface area (Å²) in [5.74, 6) is -0.951. The van der Waals surface area contributed by atoms with Crippen LogP contribution in [0.4, 0.5) is 0 Å². The van der Waals surface area contributed by atoms with Gasteiger partial charge in [-0.2, -0.15) is 10.2 Å². The second-order valence-corrected chi connectivity index (χ2v) is 2.61. The van der Waals surface area contributed by atoms with Crippen LogP contribution in [0.2, 0.25) is 0 Å². The van der Waals surface area contributed by atoms with Gasteiger partial charge in [0.25, 0.3) is 0 Å². The predicted molar refractivity (Wildman–Crippen MR) is 46.5 cm³/mol. The second-order valence-electron chi connectivity index (χ2n) is 2.61. The zero-order valence-corrected chi connectivity index (χ0v) is 6.64. The number of aromatic carboxylic acids is 1. The first kappa shape index (κ1) is 7.67. The molecular weight excluding hydrogens is 168 g/mol. The molecule has 0 saturated carbocycles. The van der Waals surface area contributed by atoms with Crippen molar-refractivity contribution in [2.75, 3.05) is 0 Å². The van der Waals surface area contributed by atoms with Crippen LogP contribution < -0.4 is 0 Å². The molecule has 0 bridgehead atoms. The number of nitrogens with zero attached hydrogens (tertiary/aromatic N) is 2. The maximum atomic E-state index is 10.6. The van der Waals surface area contributed by atoms with E-state index in [4.69, 9.17) is 5.11 Å². The Balaban J connectivity index is 2.69. The third-order valence-corrected chi connectivity index (χ3v) is 1.76. The monoisotopic (exact) mass is 174 g/mol. The van der Waals surface area contributed by atoms with Gasteiger partial charge < -0.3 is 5.11 Å². The van der Waals surface area contributed by atoms with Crippen LogP contribution in [0.5, 0.6) is 0 Å². The van der Waals surface area contributed by atoms with Crippen LogP contribution in [-0.2, 0) is 0 Å². The lowest BCUT2D eigenvalue weighted by Gasteiger charge is -1.96. The molecule has 0 atom stereocenters. The Morgan fingerprint density at radius 2 is 2.15 bits per heavy atom. The number of rotatable bonds is 1. The summed E-state index contributed by atoms with van der Waals surface area (Å²) in [5.41, 5.74) is 0.829. The molecule has 4 nitrogen and oxygen atoms in total. The van der Waals surface area contributed by atoms with E-state index in [0.29, 0.717) is 5.52 Å². The molecule has 64 valence electrons. The van der Waals surface area contributed by atoms with Crippen LogP contribution >= 0.6 is 0 Å². The molecule has 1 aromatic heterocycles. The minimum absolute atomic E-state index is 0.230. The molecule has 2 aromatic rings. The van der Waals surface area contributed by atoms with Gasteiger partial charge in [-0.15, -0.1) is 0 Å². The molecule has 0 amide bonds. The first-order chi connectivity index (χ1) is 6.27. The van der Waals surface area contributed by atoms with Crippen molar-refractivity contribution < 1.29 is 9.90 Å². The molecule has 0 aliphatic heterocycles. The molecular formula is C9H6N2O2. The molecule has 0 unspecified atom stereocenters. The van der Waals surface area contributed by atoms with E-state index in [-0.39, 0.29) is 5.56 Å². The van der Waals surface area contributed by atoms with Gasteiger partial charge in [0.1, 0.15) is 0 Å². The van der Waals surface area contributed by atoms with E-state index in [1.54, 1.807) is 24.4 Å². The van der Waals surface area contributed by atoms with E-state index in [1.165, 1.54) is 6.07 Å². The third kappa shape index (κ3) is 1.33. The van der Waals surface area contributed by atoms with E-state index in [0.717, 1.165) is 5.39 Å². The van der Waals surface area contributed by atoms with Crippen LogP contribution in [0.1, 0.15) is 10.4 Å². The van der Waals surface area contributed by atoms with Gasteiger partial charge >= 0.3 is 5.97 Å². The first-order valence-corrected chi connectivity index (χ1v) is 3.72. The number of carboxylic acid groups (broad SMARTS) is 1. The third-order valence-electron chi connectivity index (χ3n) is 1.76. The summed E-state index contributed by atoms with van der Waals surface area (Å²) in [6.45, 7) is 0. The number of hydrogen-bond donors (Lipinski definition) is 1. The number of carboxylic acids is 1. The topological polar surface area (TPSA) is 63.1 Å². The summed E-state index contributed by atoms with van der Waals surface area (Å²) >= 11 is 0. The molecule has 0 aliphatic carbocycles. The van der Waals surface area contributed by atoms with E-state index in [2.05, 4.69) is 10.2 Å². The van der Waals surface area contributed by atoms with Crippen molar-refractivity contribution in [3.8, 4) is 0 Å². The molecule has 0 spiro atoms. The Morgan fingerprint density at radius 1 is 1.31 bits per heavy atom. The standard InChI is InChI=1S/C9H6N2O2/c12-9(13)7-2-1-6-3-4-10-11-8(6)5-7/h1-5H,(H,12,13). The molecule has 1 N–H and O–H groups in total. The second kappa shape index (κ2) is 2.82. The largest absolute Gasteiger partial charge is 0.478 e. The van der Waals surface area contributed by atoms with Crippen molar-refractivity contribution in [3.05, 3.63) is 36.0 Å². The van der Waals surface area contributed by atoms with Crippen LogP contribution in [-0.4, -0.2) is 21.3 Å².